The lowest BCUT2D eigenvalue weighted by atomic mass is 10.2. The number of anilines is 1. The fraction of sp³-hybridized carbons (Fsp3) is 0.333. The normalized spacial score (nSPS) is 11.5. The SMILES string of the molecule is O=C(Cc1cccc(C(F)(F)F)n1)Nc1cnn(CCF)n1. The molecule has 0 aliphatic rings. The highest BCUT2D eigenvalue weighted by molar-refractivity contribution is 5.90. The largest absolute Gasteiger partial charge is 0.433 e. The van der Waals surface area contributed by atoms with Crippen molar-refractivity contribution in [2.24, 2.45) is 0 Å². The number of alkyl halides is 4. The smallest absolute Gasteiger partial charge is 0.308 e. The van der Waals surface area contributed by atoms with Crippen molar-refractivity contribution in [3.63, 3.8) is 0 Å². The molecule has 1 N–H and O–H groups in total. The van der Waals surface area contributed by atoms with Gasteiger partial charge in [0, 0.05) is 0 Å². The molecule has 2 heterocycles. The van der Waals surface area contributed by atoms with Gasteiger partial charge in [0.05, 0.1) is 24.9 Å². The molecule has 2 aromatic rings. The third kappa shape index (κ3) is 4.24. The van der Waals surface area contributed by atoms with E-state index in [0.29, 0.717) is 0 Å². The van der Waals surface area contributed by atoms with E-state index < -0.39 is 24.5 Å². The summed E-state index contributed by atoms with van der Waals surface area (Å²) in [5.74, 6) is -0.510. The van der Waals surface area contributed by atoms with Crippen molar-refractivity contribution in [3.05, 3.63) is 35.8 Å². The summed E-state index contributed by atoms with van der Waals surface area (Å²) in [7, 11) is 0. The van der Waals surface area contributed by atoms with E-state index in [1.165, 1.54) is 18.3 Å². The van der Waals surface area contributed by atoms with Crippen LogP contribution in [-0.2, 0) is 23.9 Å². The van der Waals surface area contributed by atoms with E-state index in [1.807, 2.05) is 0 Å². The van der Waals surface area contributed by atoms with Crippen LogP contribution in [0, 0.1) is 0 Å². The van der Waals surface area contributed by atoms with E-state index in [4.69, 9.17) is 0 Å². The van der Waals surface area contributed by atoms with Gasteiger partial charge >= 0.3 is 6.18 Å². The predicted octanol–water partition coefficient (Wildman–Crippen LogP) is 1.84. The van der Waals surface area contributed by atoms with Gasteiger partial charge in [0.25, 0.3) is 0 Å². The quantitative estimate of drug-likeness (QED) is 0.854. The maximum absolute atomic E-state index is 12.5. The highest BCUT2D eigenvalue weighted by Gasteiger charge is 2.32. The molecular formula is C12H11F4N5O. The van der Waals surface area contributed by atoms with Crippen LogP contribution in [0.2, 0.25) is 0 Å². The number of nitrogens with zero attached hydrogens (tertiary/aromatic N) is 4. The molecule has 6 nitrogen and oxygen atoms in total. The zero-order valence-corrected chi connectivity index (χ0v) is 11.1. The fourth-order valence-electron chi connectivity index (χ4n) is 1.63. The van der Waals surface area contributed by atoms with Gasteiger partial charge < -0.3 is 5.32 Å². The number of hydrogen-bond donors (Lipinski definition) is 1. The lowest BCUT2D eigenvalue weighted by Gasteiger charge is -2.07. The van der Waals surface area contributed by atoms with Gasteiger partial charge in [0.2, 0.25) is 5.91 Å². The molecule has 22 heavy (non-hydrogen) atoms. The van der Waals surface area contributed by atoms with Gasteiger partial charge in [0.1, 0.15) is 12.4 Å². The van der Waals surface area contributed by atoms with Crippen molar-refractivity contribution < 1.29 is 22.4 Å². The second kappa shape index (κ2) is 6.50. The van der Waals surface area contributed by atoms with Crippen LogP contribution in [0.1, 0.15) is 11.4 Å². The van der Waals surface area contributed by atoms with Crippen LogP contribution in [0.3, 0.4) is 0 Å². The fourth-order valence-corrected chi connectivity index (χ4v) is 1.63. The summed E-state index contributed by atoms with van der Waals surface area (Å²) in [6, 6.07) is 3.31. The Hall–Kier alpha value is -2.52. The monoisotopic (exact) mass is 317 g/mol. The summed E-state index contributed by atoms with van der Waals surface area (Å²) in [6.07, 6.45) is -3.70. The highest BCUT2D eigenvalue weighted by atomic mass is 19.4. The Morgan fingerprint density at radius 1 is 1.32 bits per heavy atom. The van der Waals surface area contributed by atoms with Crippen molar-refractivity contribution in [1.29, 1.82) is 0 Å². The first-order valence-electron chi connectivity index (χ1n) is 6.17. The molecule has 2 aromatic heterocycles. The molecule has 0 saturated heterocycles. The van der Waals surface area contributed by atoms with Crippen LogP contribution < -0.4 is 5.32 Å². The summed E-state index contributed by atoms with van der Waals surface area (Å²) in [6.45, 7) is -0.707. The number of halogens is 4. The molecule has 0 atom stereocenters. The van der Waals surface area contributed by atoms with E-state index in [1.54, 1.807) is 0 Å². The number of pyridine rings is 1. The molecule has 1 amide bonds. The number of nitrogens with one attached hydrogen (secondary N) is 1. The first-order valence-corrected chi connectivity index (χ1v) is 6.17. The number of aromatic nitrogens is 4. The van der Waals surface area contributed by atoms with E-state index in [9.17, 15) is 22.4 Å². The van der Waals surface area contributed by atoms with Gasteiger partial charge in [-0.3, -0.25) is 4.79 Å². The van der Waals surface area contributed by atoms with Crippen molar-refractivity contribution in [2.75, 3.05) is 12.0 Å². The zero-order chi connectivity index (χ0) is 16.2. The molecule has 0 fully saturated rings. The summed E-state index contributed by atoms with van der Waals surface area (Å²) in [5, 5.41) is 9.82. The van der Waals surface area contributed by atoms with Crippen LogP contribution >= 0.6 is 0 Å². The first kappa shape index (κ1) is 15.9. The molecule has 118 valence electrons. The van der Waals surface area contributed by atoms with Crippen LogP contribution in [0.4, 0.5) is 23.4 Å². The molecule has 0 radical (unpaired) electrons. The Labute approximate surface area is 122 Å². The molecule has 0 aliphatic carbocycles. The van der Waals surface area contributed by atoms with Gasteiger partial charge in [-0.15, -0.1) is 5.10 Å². The van der Waals surface area contributed by atoms with Crippen molar-refractivity contribution in [2.45, 2.75) is 19.1 Å². The minimum atomic E-state index is -4.57. The predicted molar refractivity (Wildman–Crippen MR) is 67.6 cm³/mol. The lowest BCUT2D eigenvalue weighted by Crippen LogP contribution is -2.17. The van der Waals surface area contributed by atoms with E-state index in [-0.39, 0.29) is 24.5 Å². The van der Waals surface area contributed by atoms with Crippen molar-refractivity contribution in [3.8, 4) is 0 Å². The van der Waals surface area contributed by atoms with Crippen molar-refractivity contribution in [1.82, 2.24) is 20.0 Å². The van der Waals surface area contributed by atoms with Gasteiger partial charge in [0.15, 0.2) is 5.82 Å². The molecule has 0 aliphatic heterocycles. The van der Waals surface area contributed by atoms with E-state index in [0.717, 1.165) is 10.9 Å². The average molecular weight is 317 g/mol. The second-order valence-electron chi connectivity index (χ2n) is 4.25. The molecule has 0 unspecified atom stereocenters. The molecule has 2 rings (SSSR count). The Balaban J connectivity index is 1.99. The summed E-state index contributed by atoms with van der Waals surface area (Å²) < 4.78 is 49.6. The van der Waals surface area contributed by atoms with E-state index >= 15 is 0 Å². The standard InChI is InChI=1S/C12H11F4N5O/c13-4-5-21-17-7-10(20-21)19-11(22)6-8-2-1-3-9(18-8)12(14,15)16/h1-3,7H,4-6H2,(H,19,20,22). The number of carbonyl (C=O) groups is 1. The van der Waals surface area contributed by atoms with Crippen LogP contribution in [0.5, 0.6) is 0 Å². The minimum Gasteiger partial charge on any atom is -0.308 e. The highest BCUT2D eigenvalue weighted by Crippen LogP contribution is 2.27. The third-order valence-corrected chi connectivity index (χ3v) is 2.53. The van der Waals surface area contributed by atoms with E-state index in [2.05, 4.69) is 20.5 Å². The van der Waals surface area contributed by atoms with Crippen LogP contribution in [0.25, 0.3) is 0 Å². The summed E-state index contributed by atoms with van der Waals surface area (Å²) in [5.41, 5.74) is -1.09. The Kier molecular flexibility index (Phi) is 4.68. The van der Waals surface area contributed by atoms with Gasteiger partial charge in [-0.05, 0) is 12.1 Å². The number of rotatable bonds is 5. The number of carbonyl (C=O) groups excluding carboxylic acids is 1. The van der Waals surface area contributed by atoms with Gasteiger partial charge in [-0.25, -0.2) is 9.37 Å². The first-order chi connectivity index (χ1) is 10.4. The van der Waals surface area contributed by atoms with Crippen molar-refractivity contribution >= 4 is 11.7 Å². The average Bonchev–Trinajstić information content (AvgIpc) is 2.85. The molecule has 10 heteroatoms. The minimum absolute atomic E-state index is 0.0246. The Morgan fingerprint density at radius 3 is 2.77 bits per heavy atom. The molecule has 0 saturated carbocycles. The summed E-state index contributed by atoms with van der Waals surface area (Å²) in [4.78, 5) is 16.2. The molecule has 0 spiro atoms. The Morgan fingerprint density at radius 2 is 2.09 bits per heavy atom. The number of aryl methyl sites for hydroxylation is 1. The lowest BCUT2D eigenvalue weighted by molar-refractivity contribution is -0.141. The Bertz CT molecular complexity index is 655. The zero-order valence-electron chi connectivity index (χ0n) is 11.1. The number of hydrogen-bond acceptors (Lipinski definition) is 4. The molecule has 0 bridgehead atoms. The summed E-state index contributed by atoms with van der Waals surface area (Å²) >= 11 is 0. The van der Waals surface area contributed by atoms with Gasteiger partial charge in [-0.2, -0.15) is 23.1 Å². The topological polar surface area (TPSA) is 72.7 Å². The second-order valence-corrected chi connectivity index (χ2v) is 4.25. The van der Waals surface area contributed by atoms with Crippen LogP contribution in [0.15, 0.2) is 24.4 Å². The maximum atomic E-state index is 12.5. The molecular weight excluding hydrogens is 306 g/mol. The maximum Gasteiger partial charge on any atom is 0.433 e. The van der Waals surface area contributed by atoms with Gasteiger partial charge in [-0.1, -0.05) is 6.07 Å². The molecule has 0 aromatic carbocycles. The third-order valence-electron chi connectivity index (χ3n) is 2.53. The number of amides is 1. The van der Waals surface area contributed by atoms with Crippen LogP contribution in [-0.4, -0.2) is 32.6 Å².